The molecular formula is C18H30N2O. The predicted molar refractivity (Wildman–Crippen MR) is 88.4 cm³/mol. The molecule has 0 aliphatic carbocycles. The Kier molecular flexibility index (Phi) is 6.68. The van der Waals surface area contributed by atoms with Crippen molar-refractivity contribution in [3.8, 4) is 0 Å². The first-order chi connectivity index (χ1) is 10.3. The molecular weight excluding hydrogens is 260 g/mol. The van der Waals surface area contributed by atoms with Crippen molar-refractivity contribution in [3.05, 3.63) is 35.9 Å². The van der Waals surface area contributed by atoms with Crippen LogP contribution in [0.1, 0.15) is 32.3 Å². The molecule has 1 N–H and O–H groups in total. The molecule has 21 heavy (non-hydrogen) atoms. The minimum atomic E-state index is 0.277. The molecule has 1 aromatic carbocycles. The fourth-order valence-corrected chi connectivity index (χ4v) is 3.22. The third-order valence-electron chi connectivity index (χ3n) is 4.41. The third-order valence-corrected chi connectivity index (χ3v) is 4.41. The number of hydrogen-bond acceptors (Lipinski definition) is 3. The van der Waals surface area contributed by atoms with Crippen LogP contribution < -0.4 is 5.32 Å². The molecule has 1 aromatic rings. The molecule has 0 radical (unpaired) electrons. The molecule has 0 spiro atoms. The van der Waals surface area contributed by atoms with Gasteiger partial charge in [0, 0.05) is 31.7 Å². The Labute approximate surface area is 129 Å². The van der Waals surface area contributed by atoms with Gasteiger partial charge in [-0.1, -0.05) is 44.2 Å². The van der Waals surface area contributed by atoms with Gasteiger partial charge in [-0.05, 0) is 31.5 Å². The molecule has 0 aromatic heterocycles. The van der Waals surface area contributed by atoms with E-state index >= 15 is 0 Å². The van der Waals surface area contributed by atoms with Crippen molar-refractivity contribution in [2.24, 2.45) is 5.41 Å². The average molecular weight is 290 g/mol. The fourth-order valence-electron chi connectivity index (χ4n) is 3.22. The Morgan fingerprint density at radius 3 is 2.67 bits per heavy atom. The average Bonchev–Trinajstić information content (AvgIpc) is 2.54. The standard InChI is InChI=1S/C18H30N2O/c1-3-19-14-18(11-8-12-21-16-18)15-20(4-2)13-17-9-6-5-7-10-17/h5-7,9-10,19H,3-4,8,11-16H2,1-2H3. The lowest BCUT2D eigenvalue weighted by Crippen LogP contribution is -2.48. The molecule has 2 rings (SSSR count). The summed E-state index contributed by atoms with van der Waals surface area (Å²) in [6.45, 7) is 11.6. The smallest absolute Gasteiger partial charge is 0.0546 e. The van der Waals surface area contributed by atoms with Crippen molar-refractivity contribution in [2.75, 3.05) is 39.4 Å². The van der Waals surface area contributed by atoms with Crippen LogP contribution >= 0.6 is 0 Å². The molecule has 0 amide bonds. The molecule has 3 nitrogen and oxygen atoms in total. The number of rotatable bonds is 8. The number of hydrogen-bond donors (Lipinski definition) is 1. The van der Waals surface area contributed by atoms with Crippen molar-refractivity contribution in [2.45, 2.75) is 33.2 Å². The Balaban J connectivity index is 1.99. The lowest BCUT2D eigenvalue weighted by Gasteiger charge is -2.41. The predicted octanol–water partition coefficient (Wildman–Crippen LogP) is 2.91. The first kappa shape index (κ1) is 16.5. The van der Waals surface area contributed by atoms with Crippen molar-refractivity contribution in [3.63, 3.8) is 0 Å². The third kappa shape index (κ3) is 5.10. The van der Waals surface area contributed by atoms with Crippen LogP contribution in [0, 0.1) is 5.41 Å². The van der Waals surface area contributed by atoms with Gasteiger partial charge in [0.05, 0.1) is 6.61 Å². The maximum absolute atomic E-state index is 5.81. The number of nitrogens with one attached hydrogen (secondary N) is 1. The Morgan fingerprint density at radius 1 is 1.24 bits per heavy atom. The molecule has 1 fully saturated rings. The monoisotopic (exact) mass is 290 g/mol. The normalized spacial score (nSPS) is 22.6. The zero-order valence-electron chi connectivity index (χ0n) is 13.6. The van der Waals surface area contributed by atoms with Gasteiger partial charge in [0.1, 0.15) is 0 Å². The number of benzene rings is 1. The van der Waals surface area contributed by atoms with Crippen molar-refractivity contribution in [1.82, 2.24) is 10.2 Å². The lowest BCUT2D eigenvalue weighted by molar-refractivity contribution is -0.0265. The molecule has 1 aliphatic heterocycles. The van der Waals surface area contributed by atoms with Gasteiger partial charge in [0.25, 0.3) is 0 Å². The highest BCUT2D eigenvalue weighted by molar-refractivity contribution is 5.14. The first-order valence-electron chi connectivity index (χ1n) is 8.33. The summed E-state index contributed by atoms with van der Waals surface area (Å²) in [7, 11) is 0. The van der Waals surface area contributed by atoms with E-state index in [4.69, 9.17) is 4.74 Å². The van der Waals surface area contributed by atoms with Gasteiger partial charge in [0.2, 0.25) is 0 Å². The minimum absolute atomic E-state index is 0.277. The highest BCUT2D eigenvalue weighted by Gasteiger charge is 2.34. The zero-order valence-corrected chi connectivity index (χ0v) is 13.6. The summed E-state index contributed by atoms with van der Waals surface area (Å²) in [5, 5.41) is 3.55. The van der Waals surface area contributed by atoms with E-state index in [0.717, 1.165) is 45.9 Å². The number of nitrogens with zero attached hydrogens (tertiary/aromatic N) is 1. The molecule has 3 heteroatoms. The van der Waals surface area contributed by atoms with Gasteiger partial charge < -0.3 is 10.1 Å². The summed E-state index contributed by atoms with van der Waals surface area (Å²) in [5.41, 5.74) is 1.67. The minimum Gasteiger partial charge on any atom is -0.381 e. The van der Waals surface area contributed by atoms with Crippen molar-refractivity contribution < 1.29 is 4.74 Å². The van der Waals surface area contributed by atoms with Crippen LogP contribution in [0.3, 0.4) is 0 Å². The van der Waals surface area contributed by atoms with E-state index in [1.54, 1.807) is 0 Å². The van der Waals surface area contributed by atoms with Crippen LogP contribution in [0.15, 0.2) is 30.3 Å². The van der Waals surface area contributed by atoms with Gasteiger partial charge in [-0.3, -0.25) is 4.90 Å². The highest BCUT2D eigenvalue weighted by atomic mass is 16.5. The van der Waals surface area contributed by atoms with Crippen LogP contribution in [0.25, 0.3) is 0 Å². The van der Waals surface area contributed by atoms with E-state index in [-0.39, 0.29) is 5.41 Å². The first-order valence-corrected chi connectivity index (χ1v) is 8.33. The second kappa shape index (κ2) is 8.52. The second-order valence-corrected chi connectivity index (χ2v) is 6.23. The van der Waals surface area contributed by atoms with Gasteiger partial charge in [-0.15, -0.1) is 0 Å². The Morgan fingerprint density at radius 2 is 2.05 bits per heavy atom. The summed E-state index contributed by atoms with van der Waals surface area (Å²) in [6, 6.07) is 10.8. The molecule has 0 bridgehead atoms. The summed E-state index contributed by atoms with van der Waals surface area (Å²) in [5.74, 6) is 0. The molecule has 1 aliphatic rings. The SMILES string of the molecule is CCNCC1(CN(CC)Cc2ccccc2)CCCOC1. The van der Waals surface area contributed by atoms with Gasteiger partial charge >= 0.3 is 0 Å². The maximum Gasteiger partial charge on any atom is 0.0546 e. The van der Waals surface area contributed by atoms with Crippen LogP contribution in [0.2, 0.25) is 0 Å². The van der Waals surface area contributed by atoms with E-state index in [2.05, 4.69) is 54.4 Å². The second-order valence-electron chi connectivity index (χ2n) is 6.23. The van der Waals surface area contributed by atoms with Crippen LogP contribution in [-0.2, 0) is 11.3 Å². The topological polar surface area (TPSA) is 24.5 Å². The van der Waals surface area contributed by atoms with Crippen LogP contribution in [0.5, 0.6) is 0 Å². The van der Waals surface area contributed by atoms with Crippen molar-refractivity contribution >= 4 is 0 Å². The summed E-state index contributed by atoms with van der Waals surface area (Å²) < 4.78 is 5.81. The van der Waals surface area contributed by atoms with E-state index in [9.17, 15) is 0 Å². The van der Waals surface area contributed by atoms with E-state index < -0.39 is 0 Å². The molecule has 1 heterocycles. The van der Waals surface area contributed by atoms with E-state index in [1.165, 1.54) is 18.4 Å². The van der Waals surface area contributed by atoms with Crippen LogP contribution in [0.4, 0.5) is 0 Å². The largest absolute Gasteiger partial charge is 0.381 e. The molecule has 1 unspecified atom stereocenters. The number of ether oxygens (including phenoxy) is 1. The summed E-state index contributed by atoms with van der Waals surface area (Å²) in [6.07, 6.45) is 2.46. The van der Waals surface area contributed by atoms with Crippen molar-refractivity contribution in [1.29, 1.82) is 0 Å². The quantitative estimate of drug-likeness (QED) is 0.797. The van der Waals surface area contributed by atoms with Crippen LogP contribution in [-0.4, -0.2) is 44.3 Å². The van der Waals surface area contributed by atoms with Gasteiger partial charge in [0.15, 0.2) is 0 Å². The molecule has 0 saturated carbocycles. The van der Waals surface area contributed by atoms with Gasteiger partial charge in [-0.25, -0.2) is 0 Å². The fraction of sp³-hybridized carbons (Fsp3) is 0.667. The molecule has 1 atom stereocenters. The maximum atomic E-state index is 5.81. The Hall–Kier alpha value is -0.900. The van der Waals surface area contributed by atoms with E-state index in [1.807, 2.05) is 0 Å². The molecule has 1 saturated heterocycles. The van der Waals surface area contributed by atoms with Gasteiger partial charge in [-0.2, -0.15) is 0 Å². The molecule has 118 valence electrons. The van der Waals surface area contributed by atoms with E-state index in [0.29, 0.717) is 0 Å². The summed E-state index contributed by atoms with van der Waals surface area (Å²) in [4.78, 5) is 2.56. The lowest BCUT2D eigenvalue weighted by atomic mass is 9.81. The Bertz CT molecular complexity index is 387. The highest BCUT2D eigenvalue weighted by Crippen LogP contribution is 2.29. The summed E-state index contributed by atoms with van der Waals surface area (Å²) >= 11 is 0. The zero-order chi connectivity index (χ0) is 15.0.